The van der Waals surface area contributed by atoms with Gasteiger partial charge >= 0.3 is 0 Å². The van der Waals surface area contributed by atoms with Crippen molar-refractivity contribution in [1.82, 2.24) is 4.40 Å². The van der Waals surface area contributed by atoms with Crippen LogP contribution in [0.4, 0.5) is 5.69 Å². The Bertz CT molecular complexity index is 1690. The molecule has 0 amide bonds. The summed E-state index contributed by atoms with van der Waals surface area (Å²) in [6, 6.07) is 15.1. The monoisotopic (exact) mass is 374 g/mol. The molecule has 0 bridgehead atoms. The molecule has 3 aromatic heterocycles. The zero-order valence-electron chi connectivity index (χ0n) is 17.0. The van der Waals surface area contributed by atoms with E-state index in [2.05, 4.69) is 84.2 Å². The Morgan fingerprint density at radius 2 is 1.72 bits per heavy atom. The Labute approximate surface area is 168 Å². The molecule has 0 N–H and O–H groups in total. The minimum Gasteiger partial charge on any atom is -0.309 e. The van der Waals surface area contributed by atoms with Crippen molar-refractivity contribution in [2.75, 3.05) is 0 Å². The highest BCUT2D eigenvalue weighted by molar-refractivity contribution is 6.26. The van der Waals surface area contributed by atoms with E-state index < -0.39 is 0 Å². The van der Waals surface area contributed by atoms with Crippen molar-refractivity contribution in [2.45, 2.75) is 20.8 Å². The summed E-state index contributed by atoms with van der Waals surface area (Å²) in [4.78, 5) is 3.77. The van der Waals surface area contributed by atoms with Gasteiger partial charge in [-0.2, -0.15) is 0 Å². The summed E-state index contributed by atoms with van der Waals surface area (Å²) >= 11 is 0. The lowest BCUT2D eigenvalue weighted by Crippen LogP contribution is -2.29. The maximum absolute atomic E-state index is 7.63. The van der Waals surface area contributed by atoms with Gasteiger partial charge in [0.1, 0.15) is 7.05 Å². The number of fused-ring (bicyclic) bond motifs is 5. The molecule has 0 fully saturated rings. The number of hydrogen-bond donors (Lipinski definition) is 0. The van der Waals surface area contributed by atoms with Crippen molar-refractivity contribution < 1.29 is 4.57 Å². The van der Waals surface area contributed by atoms with Gasteiger partial charge in [-0.15, -0.1) is 0 Å². The van der Waals surface area contributed by atoms with Crippen molar-refractivity contribution in [3.05, 3.63) is 76.8 Å². The first-order valence-corrected chi connectivity index (χ1v) is 9.90. The average molecular weight is 374 g/mol. The molecule has 0 aliphatic heterocycles. The maximum Gasteiger partial charge on any atom is 0.224 e. The third kappa shape index (κ3) is 1.84. The van der Waals surface area contributed by atoms with Crippen LogP contribution in [0.15, 0.2) is 48.7 Å². The van der Waals surface area contributed by atoms with Gasteiger partial charge in [0.2, 0.25) is 5.52 Å². The van der Waals surface area contributed by atoms with Crippen LogP contribution in [0, 0.1) is 27.3 Å². The molecular formula is C26H20N3+. The molecule has 29 heavy (non-hydrogen) atoms. The van der Waals surface area contributed by atoms with Crippen LogP contribution in [0.2, 0.25) is 0 Å². The summed E-state index contributed by atoms with van der Waals surface area (Å²) in [5.74, 6) is 0. The predicted molar refractivity (Wildman–Crippen MR) is 120 cm³/mol. The molecule has 3 nitrogen and oxygen atoms in total. The van der Waals surface area contributed by atoms with Gasteiger partial charge in [-0.05, 0) is 67.1 Å². The molecule has 0 atom stereocenters. The normalized spacial score (nSPS) is 12.1. The molecule has 0 spiro atoms. The van der Waals surface area contributed by atoms with Crippen molar-refractivity contribution in [3.63, 3.8) is 0 Å². The summed E-state index contributed by atoms with van der Waals surface area (Å²) in [6.45, 7) is 14.3. The average Bonchev–Trinajstić information content (AvgIpc) is 3.05. The van der Waals surface area contributed by atoms with Gasteiger partial charge < -0.3 is 4.40 Å². The van der Waals surface area contributed by atoms with E-state index in [4.69, 9.17) is 6.57 Å². The second-order valence-electron chi connectivity index (χ2n) is 8.21. The van der Waals surface area contributed by atoms with E-state index in [1.807, 2.05) is 6.07 Å². The molecule has 6 aromatic rings. The van der Waals surface area contributed by atoms with E-state index in [0.29, 0.717) is 5.69 Å². The van der Waals surface area contributed by atoms with E-state index >= 15 is 0 Å². The fraction of sp³-hybridized carbons (Fsp3) is 0.154. The highest BCUT2D eigenvalue weighted by Gasteiger charge is 2.25. The van der Waals surface area contributed by atoms with E-state index in [-0.39, 0.29) is 0 Å². The lowest BCUT2D eigenvalue weighted by atomic mass is 9.96. The summed E-state index contributed by atoms with van der Waals surface area (Å²) in [6.07, 6.45) is 2.12. The number of benzene rings is 3. The molecule has 0 unspecified atom stereocenters. The number of pyridine rings is 2. The molecule has 138 valence electrons. The predicted octanol–water partition coefficient (Wildman–Crippen LogP) is 6.29. The fourth-order valence-corrected chi connectivity index (χ4v) is 5.18. The molecule has 3 aromatic carbocycles. The van der Waals surface area contributed by atoms with Gasteiger partial charge in [-0.3, -0.25) is 0 Å². The number of hydrogen-bond acceptors (Lipinski definition) is 0. The second-order valence-corrected chi connectivity index (χ2v) is 8.21. The second kappa shape index (κ2) is 5.24. The standard InChI is InChI=1S/C26H20N3/c1-14-7-6-8-20-22(14)19-11-15(2)16(3)23-25(19)29(20)21-13-18(27-4)12-17-9-10-28(5)26(23)24(17)21/h6-13H,1-3,5H3/q+1. The molecule has 0 saturated heterocycles. The fourth-order valence-electron chi connectivity index (χ4n) is 5.18. The molecular weight excluding hydrogens is 354 g/mol. The summed E-state index contributed by atoms with van der Waals surface area (Å²) < 4.78 is 4.63. The smallest absolute Gasteiger partial charge is 0.224 e. The van der Waals surface area contributed by atoms with Crippen LogP contribution < -0.4 is 4.57 Å². The molecule has 6 rings (SSSR count). The summed E-state index contributed by atoms with van der Waals surface area (Å²) in [7, 11) is 2.12. The van der Waals surface area contributed by atoms with Crippen LogP contribution in [-0.2, 0) is 7.05 Å². The third-order valence-corrected chi connectivity index (χ3v) is 6.61. The lowest BCUT2D eigenvalue weighted by molar-refractivity contribution is -0.643. The first kappa shape index (κ1) is 16.3. The van der Waals surface area contributed by atoms with Crippen molar-refractivity contribution in [2.24, 2.45) is 7.05 Å². The molecule has 3 heterocycles. The Morgan fingerprint density at radius 1 is 0.897 bits per heavy atom. The Morgan fingerprint density at radius 3 is 2.52 bits per heavy atom. The molecule has 0 aliphatic carbocycles. The minimum absolute atomic E-state index is 0.683. The summed E-state index contributed by atoms with van der Waals surface area (Å²) in [5, 5.41) is 6.27. The zero-order chi connectivity index (χ0) is 20.0. The van der Waals surface area contributed by atoms with Gasteiger partial charge in [0.05, 0.1) is 33.9 Å². The van der Waals surface area contributed by atoms with E-state index in [9.17, 15) is 0 Å². The third-order valence-electron chi connectivity index (χ3n) is 6.61. The largest absolute Gasteiger partial charge is 0.309 e. The highest BCUT2D eigenvalue weighted by atomic mass is 15.0. The number of nitrogens with zero attached hydrogens (tertiary/aromatic N) is 3. The van der Waals surface area contributed by atoms with Crippen LogP contribution in [0.5, 0.6) is 0 Å². The number of aromatic nitrogens is 2. The topological polar surface area (TPSA) is 12.7 Å². The van der Waals surface area contributed by atoms with Crippen LogP contribution in [0.3, 0.4) is 0 Å². The van der Waals surface area contributed by atoms with Crippen molar-refractivity contribution in [1.29, 1.82) is 0 Å². The Kier molecular flexibility index (Phi) is 2.95. The van der Waals surface area contributed by atoms with Gasteiger partial charge in [-0.25, -0.2) is 9.41 Å². The van der Waals surface area contributed by atoms with Crippen molar-refractivity contribution in [3.8, 4) is 0 Å². The molecule has 0 aliphatic rings. The van der Waals surface area contributed by atoms with Gasteiger partial charge in [0.15, 0.2) is 11.9 Å². The van der Waals surface area contributed by atoms with Crippen LogP contribution in [0.1, 0.15) is 16.7 Å². The SMILES string of the molecule is [C-]#[N+]c1cc2cc[n+](C)c3c4c(C)c(C)cc5c6c(C)cccc6n(c(c1)c23)c54. The van der Waals surface area contributed by atoms with E-state index in [1.54, 1.807) is 0 Å². The zero-order valence-corrected chi connectivity index (χ0v) is 17.0. The van der Waals surface area contributed by atoms with Crippen LogP contribution in [-0.4, -0.2) is 4.40 Å². The maximum atomic E-state index is 7.63. The Balaban J connectivity index is 2.16. The highest BCUT2D eigenvalue weighted by Crippen LogP contribution is 2.43. The van der Waals surface area contributed by atoms with Crippen LogP contribution >= 0.6 is 0 Å². The van der Waals surface area contributed by atoms with Gasteiger partial charge in [-0.1, -0.05) is 12.1 Å². The Hall–Kier alpha value is -3.64. The first-order valence-electron chi connectivity index (χ1n) is 9.90. The van der Waals surface area contributed by atoms with Gasteiger partial charge in [0.25, 0.3) is 0 Å². The molecule has 3 heteroatoms. The van der Waals surface area contributed by atoms with Crippen LogP contribution in [0.25, 0.3) is 53.8 Å². The minimum atomic E-state index is 0.683. The first-order chi connectivity index (χ1) is 14.0. The number of rotatable bonds is 0. The molecule has 0 radical (unpaired) electrons. The lowest BCUT2D eigenvalue weighted by Gasteiger charge is -2.14. The number of aryl methyl sites for hydroxylation is 4. The van der Waals surface area contributed by atoms with Gasteiger partial charge in [0, 0.05) is 16.8 Å². The van der Waals surface area contributed by atoms with Crippen molar-refractivity contribution >= 4 is 54.7 Å². The summed E-state index contributed by atoms with van der Waals surface area (Å²) in [5.41, 5.74) is 9.43. The quantitative estimate of drug-likeness (QED) is 0.128. The van der Waals surface area contributed by atoms with E-state index in [0.717, 1.165) is 10.9 Å². The van der Waals surface area contributed by atoms with E-state index in [1.165, 1.54) is 54.8 Å². The molecule has 0 saturated carbocycles.